The molecule has 1 aromatic rings. The number of rotatable bonds is 5. The number of nitrogens with zero attached hydrogens (tertiary/aromatic N) is 1. The third kappa shape index (κ3) is 5.57. The predicted octanol–water partition coefficient (Wildman–Crippen LogP) is 4.39. The summed E-state index contributed by atoms with van der Waals surface area (Å²) in [5.41, 5.74) is 0.953. The van der Waals surface area contributed by atoms with E-state index in [2.05, 4.69) is 37.1 Å². The van der Waals surface area contributed by atoms with Crippen molar-refractivity contribution < 1.29 is 0 Å². The Morgan fingerprint density at radius 2 is 2.29 bits per heavy atom. The van der Waals surface area contributed by atoms with Crippen LogP contribution in [0.3, 0.4) is 0 Å². The van der Waals surface area contributed by atoms with Crippen molar-refractivity contribution in [2.45, 2.75) is 38.0 Å². The second-order valence-corrected chi connectivity index (χ2v) is 6.91. The normalized spacial score (nSPS) is 13.4. The number of hydrogen-bond donors (Lipinski definition) is 1. The van der Waals surface area contributed by atoms with Crippen molar-refractivity contribution in [3.63, 3.8) is 0 Å². The lowest BCUT2D eigenvalue weighted by Gasteiger charge is -2.23. The Balaban J connectivity index is 2.75. The van der Waals surface area contributed by atoms with Crippen LogP contribution >= 0.6 is 23.5 Å². The summed E-state index contributed by atoms with van der Waals surface area (Å²) < 4.78 is 3.59. The summed E-state index contributed by atoms with van der Waals surface area (Å²) in [6, 6.07) is 3.83. The average Bonchev–Trinajstić information content (AvgIpc) is 2.23. The van der Waals surface area contributed by atoms with Gasteiger partial charge in [0.05, 0.1) is 11.7 Å². The molecular weight excluding hydrogens is 252 g/mol. The largest absolute Gasteiger partial charge is 0.259 e. The summed E-state index contributed by atoms with van der Waals surface area (Å²) in [7, 11) is 0. The molecule has 0 spiro atoms. The van der Waals surface area contributed by atoms with Gasteiger partial charge in [0.25, 0.3) is 0 Å². The molecule has 0 amide bonds. The van der Waals surface area contributed by atoms with Crippen molar-refractivity contribution in [2.75, 3.05) is 0 Å². The minimum absolute atomic E-state index is 0.149. The monoisotopic (exact) mass is 270 g/mol. The molecular formula is C13H19ClN2S. The van der Waals surface area contributed by atoms with E-state index in [0.717, 1.165) is 12.1 Å². The summed E-state index contributed by atoms with van der Waals surface area (Å²) in [4.78, 5) is 4.35. The van der Waals surface area contributed by atoms with Gasteiger partial charge in [0.15, 0.2) is 0 Å². The quantitative estimate of drug-likeness (QED) is 0.635. The third-order valence-corrected chi connectivity index (χ3v) is 3.26. The first-order valence-corrected chi connectivity index (χ1v) is 6.77. The SMILES string of the molecule is C=CCC(NSC(C)(C)C)c1cc(Cl)ccn1. The van der Waals surface area contributed by atoms with E-state index in [1.165, 1.54) is 0 Å². The van der Waals surface area contributed by atoms with Crippen LogP contribution < -0.4 is 4.72 Å². The lowest BCUT2D eigenvalue weighted by Crippen LogP contribution is -2.22. The molecule has 0 fully saturated rings. The van der Waals surface area contributed by atoms with E-state index >= 15 is 0 Å². The Labute approximate surface area is 113 Å². The van der Waals surface area contributed by atoms with Crippen LogP contribution in [0.25, 0.3) is 0 Å². The predicted molar refractivity (Wildman–Crippen MR) is 77.3 cm³/mol. The van der Waals surface area contributed by atoms with Gasteiger partial charge in [-0.3, -0.25) is 9.71 Å². The van der Waals surface area contributed by atoms with Crippen molar-refractivity contribution in [1.82, 2.24) is 9.71 Å². The minimum atomic E-state index is 0.149. The molecule has 0 aliphatic heterocycles. The first-order valence-electron chi connectivity index (χ1n) is 5.58. The number of nitrogens with one attached hydrogen (secondary N) is 1. The van der Waals surface area contributed by atoms with E-state index < -0.39 is 0 Å². The van der Waals surface area contributed by atoms with Gasteiger partial charge in [0, 0.05) is 16.0 Å². The van der Waals surface area contributed by atoms with E-state index in [9.17, 15) is 0 Å². The van der Waals surface area contributed by atoms with Gasteiger partial charge >= 0.3 is 0 Å². The molecule has 0 aliphatic rings. The fourth-order valence-electron chi connectivity index (χ4n) is 1.26. The van der Waals surface area contributed by atoms with E-state index in [0.29, 0.717) is 5.02 Å². The standard InChI is InChI=1S/C13H19ClN2S/c1-5-6-11(16-17-13(2,3)4)12-9-10(14)7-8-15-12/h5,7-9,11,16H,1,6H2,2-4H3. The molecule has 1 unspecified atom stereocenters. The second kappa shape index (κ2) is 6.43. The van der Waals surface area contributed by atoms with Crippen molar-refractivity contribution in [3.8, 4) is 0 Å². The lowest BCUT2D eigenvalue weighted by molar-refractivity contribution is 0.654. The topological polar surface area (TPSA) is 24.9 Å². The Bertz CT molecular complexity index is 374. The Morgan fingerprint density at radius 3 is 2.82 bits per heavy atom. The molecule has 1 atom stereocenters. The fraction of sp³-hybridized carbons (Fsp3) is 0.462. The molecule has 1 N–H and O–H groups in total. The zero-order chi connectivity index (χ0) is 12.9. The van der Waals surface area contributed by atoms with Crippen molar-refractivity contribution in [2.24, 2.45) is 0 Å². The maximum Gasteiger partial charge on any atom is 0.0628 e. The van der Waals surface area contributed by atoms with E-state index in [4.69, 9.17) is 11.6 Å². The van der Waals surface area contributed by atoms with Crippen molar-refractivity contribution in [1.29, 1.82) is 0 Å². The average molecular weight is 271 g/mol. The Kier molecular flexibility index (Phi) is 5.50. The highest BCUT2D eigenvalue weighted by molar-refractivity contribution is 7.98. The van der Waals surface area contributed by atoms with Crippen LogP contribution in [0.5, 0.6) is 0 Å². The molecule has 0 bridgehead atoms. The fourth-order valence-corrected chi connectivity index (χ4v) is 2.14. The van der Waals surface area contributed by atoms with Crippen LogP contribution in [0.4, 0.5) is 0 Å². The molecule has 2 nitrogen and oxygen atoms in total. The van der Waals surface area contributed by atoms with Crippen LogP contribution in [0.2, 0.25) is 5.02 Å². The van der Waals surface area contributed by atoms with Crippen LogP contribution in [0.1, 0.15) is 38.9 Å². The highest BCUT2D eigenvalue weighted by atomic mass is 35.5. The van der Waals surface area contributed by atoms with Gasteiger partial charge < -0.3 is 0 Å². The zero-order valence-corrected chi connectivity index (χ0v) is 12.1. The molecule has 1 aromatic heterocycles. The molecule has 0 radical (unpaired) electrons. The molecule has 0 saturated heterocycles. The molecule has 17 heavy (non-hydrogen) atoms. The number of pyridine rings is 1. The van der Waals surface area contributed by atoms with Crippen LogP contribution in [-0.4, -0.2) is 9.73 Å². The van der Waals surface area contributed by atoms with E-state index in [1.54, 1.807) is 24.2 Å². The maximum absolute atomic E-state index is 5.98. The van der Waals surface area contributed by atoms with Crippen LogP contribution in [0, 0.1) is 0 Å². The molecule has 1 rings (SSSR count). The van der Waals surface area contributed by atoms with Gasteiger partial charge in [-0.25, -0.2) is 0 Å². The minimum Gasteiger partial charge on any atom is -0.259 e. The summed E-state index contributed by atoms with van der Waals surface area (Å²) in [5, 5.41) is 0.714. The summed E-state index contributed by atoms with van der Waals surface area (Å²) in [5.74, 6) is 0. The highest BCUT2D eigenvalue weighted by Gasteiger charge is 2.16. The molecule has 0 aliphatic carbocycles. The van der Waals surface area contributed by atoms with Gasteiger partial charge in [0.1, 0.15) is 0 Å². The summed E-state index contributed by atoms with van der Waals surface area (Å²) in [6.45, 7) is 10.3. The summed E-state index contributed by atoms with van der Waals surface area (Å²) in [6.07, 6.45) is 4.46. The Hall–Kier alpha value is -0.510. The lowest BCUT2D eigenvalue weighted by atomic mass is 10.1. The van der Waals surface area contributed by atoms with Crippen LogP contribution in [-0.2, 0) is 0 Å². The maximum atomic E-state index is 5.98. The first-order chi connectivity index (χ1) is 7.92. The van der Waals surface area contributed by atoms with Gasteiger partial charge in [-0.15, -0.1) is 6.58 Å². The number of halogens is 1. The van der Waals surface area contributed by atoms with Crippen molar-refractivity contribution >= 4 is 23.5 Å². The molecule has 4 heteroatoms. The van der Waals surface area contributed by atoms with Crippen molar-refractivity contribution in [3.05, 3.63) is 41.7 Å². The van der Waals surface area contributed by atoms with E-state index in [1.807, 2.05) is 12.1 Å². The number of aromatic nitrogens is 1. The smallest absolute Gasteiger partial charge is 0.0628 e. The highest BCUT2D eigenvalue weighted by Crippen LogP contribution is 2.26. The molecule has 1 heterocycles. The first kappa shape index (κ1) is 14.6. The van der Waals surface area contributed by atoms with Gasteiger partial charge in [-0.1, -0.05) is 29.6 Å². The second-order valence-electron chi connectivity index (χ2n) is 4.81. The van der Waals surface area contributed by atoms with E-state index in [-0.39, 0.29) is 10.8 Å². The molecule has 0 saturated carbocycles. The van der Waals surface area contributed by atoms with Gasteiger partial charge in [0.2, 0.25) is 0 Å². The summed E-state index contributed by atoms with van der Waals surface area (Å²) >= 11 is 7.68. The molecule has 0 aromatic carbocycles. The Morgan fingerprint density at radius 1 is 1.59 bits per heavy atom. The van der Waals surface area contributed by atoms with Gasteiger partial charge in [-0.2, -0.15) is 0 Å². The zero-order valence-electron chi connectivity index (χ0n) is 10.5. The van der Waals surface area contributed by atoms with Crippen LogP contribution in [0.15, 0.2) is 31.0 Å². The molecule has 94 valence electrons. The third-order valence-electron chi connectivity index (χ3n) is 2.01. The number of hydrogen-bond acceptors (Lipinski definition) is 3. The van der Waals surface area contributed by atoms with Gasteiger partial charge in [-0.05, 0) is 39.3 Å².